The van der Waals surface area contributed by atoms with Gasteiger partial charge in [0.1, 0.15) is 0 Å². The number of nitrogens with one attached hydrogen (secondary N) is 1. The molecule has 0 aromatic heterocycles. The van der Waals surface area contributed by atoms with E-state index in [1.165, 1.54) is 16.4 Å². The lowest BCUT2D eigenvalue weighted by molar-refractivity contribution is 0.0953. The maximum absolute atomic E-state index is 12.4. The van der Waals surface area contributed by atoms with Crippen LogP contribution in [0.15, 0.2) is 29.2 Å². The standard InChI is InChI=1S/C15H24N2O3S/c1-4-6-11-17(3)21(19,20)14-9-7-8-13(12-14)15(18)16-10-5-2/h7-9,12H,4-6,10-11H2,1-3H3,(H,16,18). The zero-order valence-electron chi connectivity index (χ0n) is 12.9. The Labute approximate surface area is 127 Å². The number of amides is 1. The van der Waals surface area contributed by atoms with Gasteiger partial charge in [-0.3, -0.25) is 4.79 Å². The molecule has 0 aliphatic heterocycles. The molecule has 0 spiro atoms. The van der Waals surface area contributed by atoms with Gasteiger partial charge in [0.25, 0.3) is 5.91 Å². The first-order chi connectivity index (χ1) is 9.93. The zero-order valence-corrected chi connectivity index (χ0v) is 13.7. The van der Waals surface area contributed by atoms with E-state index in [4.69, 9.17) is 0 Å². The van der Waals surface area contributed by atoms with Crippen LogP contribution in [0.1, 0.15) is 43.5 Å². The second-order valence-corrected chi connectivity index (χ2v) is 7.01. The number of benzene rings is 1. The van der Waals surface area contributed by atoms with E-state index in [0.29, 0.717) is 18.7 Å². The number of sulfonamides is 1. The highest BCUT2D eigenvalue weighted by Gasteiger charge is 2.21. The molecule has 0 aliphatic carbocycles. The molecule has 0 radical (unpaired) electrons. The van der Waals surface area contributed by atoms with Crippen LogP contribution in [-0.2, 0) is 10.0 Å². The summed E-state index contributed by atoms with van der Waals surface area (Å²) >= 11 is 0. The Bertz CT molecular complexity index is 570. The maximum Gasteiger partial charge on any atom is 0.251 e. The molecule has 0 bridgehead atoms. The zero-order chi connectivity index (χ0) is 15.9. The maximum atomic E-state index is 12.4. The lowest BCUT2D eigenvalue weighted by Crippen LogP contribution is -2.28. The summed E-state index contributed by atoms with van der Waals surface area (Å²) < 4.78 is 26.2. The van der Waals surface area contributed by atoms with Crippen LogP contribution in [0.25, 0.3) is 0 Å². The van der Waals surface area contributed by atoms with Crippen LogP contribution in [0.5, 0.6) is 0 Å². The van der Waals surface area contributed by atoms with Crippen LogP contribution in [0.4, 0.5) is 0 Å². The number of hydrogen-bond donors (Lipinski definition) is 1. The molecule has 0 fully saturated rings. The third kappa shape index (κ3) is 4.82. The van der Waals surface area contributed by atoms with Gasteiger partial charge in [0.05, 0.1) is 4.90 Å². The molecule has 0 heterocycles. The summed E-state index contributed by atoms with van der Waals surface area (Å²) in [6.07, 6.45) is 2.58. The fourth-order valence-corrected chi connectivity index (χ4v) is 3.08. The Morgan fingerprint density at radius 1 is 1.24 bits per heavy atom. The average Bonchev–Trinajstić information content (AvgIpc) is 2.50. The van der Waals surface area contributed by atoms with E-state index in [1.54, 1.807) is 19.2 Å². The Balaban J connectivity index is 2.95. The number of carbonyl (C=O) groups excluding carboxylic acids is 1. The summed E-state index contributed by atoms with van der Waals surface area (Å²) in [4.78, 5) is 12.1. The molecule has 1 amide bonds. The van der Waals surface area contributed by atoms with Crippen LogP contribution in [0.3, 0.4) is 0 Å². The molecular weight excluding hydrogens is 288 g/mol. The van der Waals surface area contributed by atoms with Crippen molar-refractivity contribution in [1.29, 1.82) is 0 Å². The summed E-state index contributed by atoms with van der Waals surface area (Å²) in [5, 5.41) is 2.74. The predicted molar refractivity (Wildman–Crippen MR) is 83.8 cm³/mol. The first-order valence-corrected chi connectivity index (χ1v) is 8.72. The number of unbranched alkanes of at least 4 members (excludes halogenated alkanes) is 1. The lowest BCUT2D eigenvalue weighted by Gasteiger charge is -2.17. The second kappa shape index (κ2) is 8.14. The number of nitrogens with zero attached hydrogens (tertiary/aromatic N) is 1. The van der Waals surface area contributed by atoms with Crippen molar-refractivity contribution in [1.82, 2.24) is 9.62 Å². The topological polar surface area (TPSA) is 66.5 Å². The highest BCUT2D eigenvalue weighted by molar-refractivity contribution is 7.89. The molecule has 1 rings (SSSR count). The minimum absolute atomic E-state index is 0.158. The van der Waals surface area contributed by atoms with E-state index in [1.807, 2.05) is 13.8 Å². The molecule has 1 aromatic rings. The molecule has 6 heteroatoms. The van der Waals surface area contributed by atoms with E-state index in [0.717, 1.165) is 19.3 Å². The Hall–Kier alpha value is -1.40. The quantitative estimate of drug-likeness (QED) is 0.800. The SMILES string of the molecule is CCCCN(C)S(=O)(=O)c1cccc(C(=O)NCCC)c1. The molecule has 0 atom stereocenters. The predicted octanol–water partition coefficient (Wildman–Crippen LogP) is 2.25. The van der Waals surface area contributed by atoms with Crippen molar-refractivity contribution in [3.8, 4) is 0 Å². The molecule has 118 valence electrons. The first-order valence-electron chi connectivity index (χ1n) is 7.28. The fraction of sp³-hybridized carbons (Fsp3) is 0.533. The average molecular weight is 312 g/mol. The lowest BCUT2D eigenvalue weighted by atomic mass is 10.2. The number of rotatable bonds is 8. The van der Waals surface area contributed by atoms with E-state index >= 15 is 0 Å². The van der Waals surface area contributed by atoms with E-state index < -0.39 is 10.0 Å². The number of carbonyl (C=O) groups is 1. The fourth-order valence-electron chi connectivity index (χ4n) is 1.82. The van der Waals surface area contributed by atoms with Crippen LogP contribution < -0.4 is 5.32 Å². The van der Waals surface area contributed by atoms with Crippen LogP contribution in [0.2, 0.25) is 0 Å². The Morgan fingerprint density at radius 3 is 2.57 bits per heavy atom. The summed E-state index contributed by atoms with van der Waals surface area (Å²) in [5.41, 5.74) is 0.369. The molecular formula is C15H24N2O3S. The molecule has 1 N–H and O–H groups in total. The Morgan fingerprint density at radius 2 is 1.95 bits per heavy atom. The smallest absolute Gasteiger partial charge is 0.251 e. The van der Waals surface area contributed by atoms with Crippen molar-refractivity contribution in [2.24, 2.45) is 0 Å². The van der Waals surface area contributed by atoms with Gasteiger partial charge >= 0.3 is 0 Å². The molecule has 5 nitrogen and oxygen atoms in total. The van der Waals surface area contributed by atoms with Crippen molar-refractivity contribution in [3.05, 3.63) is 29.8 Å². The summed E-state index contributed by atoms with van der Waals surface area (Å²) in [7, 11) is -1.97. The van der Waals surface area contributed by atoms with E-state index in [2.05, 4.69) is 5.32 Å². The number of hydrogen-bond acceptors (Lipinski definition) is 3. The van der Waals surface area contributed by atoms with Gasteiger partial charge in [-0.15, -0.1) is 0 Å². The largest absolute Gasteiger partial charge is 0.352 e. The van der Waals surface area contributed by atoms with Gasteiger partial charge in [0.2, 0.25) is 10.0 Å². The molecule has 0 unspecified atom stereocenters. The van der Waals surface area contributed by atoms with Gasteiger partial charge in [0, 0.05) is 25.7 Å². The van der Waals surface area contributed by atoms with Gasteiger partial charge < -0.3 is 5.32 Å². The summed E-state index contributed by atoms with van der Waals surface area (Å²) in [5.74, 6) is -0.245. The second-order valence-electron chi connectivity index (χ2n) is 4.96. The molecule has 0 saturated heterocycles. The van der Waals surface area contributed by atoms with Crippen LogP contribution in [0, 0.1) is 0 Å². The highest BCUT2D eigenvalue weighted by atomic mass is 32.2. The van der Waals surface area contributed by atoms with Gasteiger partial charge in [-0.1, -0.05) is 26.3 Å². The molecule has 0 aliphatic rings. The van der Waals surface area contributed by atoms with Crippen LogP contribution in [-0.4, -0.2) is 38.8 Å². The summed E-state index contributed by atoms with van der Waals surface area (Å²) in [6.45, 7) is 5.03. The third-order valence-electron chi connectivity index (χ3n) is 3.17. The van der Waals surface area contributed by atoms with Crippen LogP contribution >= 0.6 is 0 Å². The normalized spacial score (nSPS) is 11.6. The molecule has 1 aromatic carbocycles. The molecule has 0 saturated carbocycles. The molecule has 21 heavy (non-hydrogen) atoms. The van der Waals surface area contributed by atoms with Crippen molar-refractivity contribution >= 4 is 15.9 Å². The van der Waals surface area contributed by atoms with Gasteiger partial charge in [-0.25, -0.2) is 12.7 Å². The van der Waals surface area contributed by atoms with Crippen molar-refractivity contribution in [2.75, 3.05) is 20.1 Å². The van der Waals surface area contributed by atoms with Crippen molar-refractivity contribution in [3.63, 3.8) is 0 Å². The van der Waals surface area contributed by atoms with Gasteiger partial charge in [-0.2, -0.15) is 0 Å². The van der Waals surface area contributed by atoms with Crippen molar-refractivity contribution in [2.45, 2.75) is 38.0 Å². The Kier molecular flexibility index (Phi) is 6.84. The minimum Gasteiger partial charge on any atom is -0.352 e. The van der Waals surface area contributed by atoms with Gasteiger partial charge in [0.15, 0.2) is 0 Å². The minimum atomic E-state index is -3.53. The summed E-state index contributed by atoms with van der Waals surface area (Å²) in [6, 6.07) is 6.18. The third-order valence-corrected chi connectivity index (χ3v) is 5.02. The highest BCUT2D eigenvalue weighted by Crippen LogP contribution is 2.16. The van der Waals surface area contributed by atoms with Crippen molar-refractivity contribution < 1.29 is 13.2 Å². The first kappa shape index (κ1) is 17.7. The monoisotopic (exact) mass is 312 g/mol. The van der Waals surface area contributed by atoms with E-state index in [9.17, 15) is 13.2 Å². The van der Waals surface area contributed by atoms with Gasteiger partial charge in [-0.05, 0) is 31.0 Å². The van der Waals surface area contributed by atoms with E-state index in [-0.39, 0.29) is 10.8 Å².